The average molecular weight is 248 g/mol. The molecule has 1 rings (SSSR count). The van der Waals surface area contributed by atoms with Crippen molar-refractivity contribution in [2.45, 2.75) is 33.7 Å². The molecular weight excluding hydrogens is 220 g/mol. The molecule has 0 radical (unpaired) electrons. The van der Waals surface area contributed by atoms with Gasteiger partial charge in [-0.2, -0.15) is 0 Å². The first-order valence-electron chi connectivity index (χ1n) is 7.06. The standard InChI is InChI=1S/C16H28N2/c1-5-9-17-11-15(3)12-18(4)13-16-8-6-7-14(2)10-16/h6-8,10,15,17H,5,9,11-13H2,1-4H3. The lowest BCUT2D eigenvalue weighted by molar-refractivity contribution is 0.274. The summed E-state index contributed by atoms with van der Waals surface area (Å²) >= 11 is 0. The number of nitrogens with zero attached hydrogens (tertiary/aromatic N) is 1. The third-order valence-corrected chi connectivity index (χ3v) is 3.08. The molecule has 0 spiro atoms. The second-order valence-electron chi connectivity index (χ2n) is 5.50. The van der Waals surface area contributed by atoms with Crippen LogP contribution in [0.25, 0.3) is 0 Å². The van der Waals surface area contributed by atoms with Crippen LogP contribution in [-0.2, 0) is 6.54 Å². The minimum atomic E-state index is 0.700. The molecule has 2 nitrogen and oxygen atoms in total. The van der Waals surface area contributed by atoms with E-state index in [2.05, 4.69) is 62.3 Å². The second-order valence-corrected chi connectivity index (χ2v) is 5.50. The molecule has 0 aliphatic carbocycles. The number of benzene rings is 1. The second kappa shape index (κ2) is 8.28. The maximum atomic E-state index is 3.49. The molecule has 102 valence electrons. The lowest BCUT2D eigenvalue weighted by Gasteiger charge is -2.21. The molecule has 0 aliphatic rings. The first-order chi connectivity index (χ1) is 8.61. The van der Waals surface area contributed by atoms with Crippen LogP contribution < -0.4 is 5.32 Å². The zero-order valence-corrected chi connectivity index (χ0v) is 12.4. The summed E-state index contributed by atoms with van der Waals surface area (Å²) in [5, 5.41) is 3.49. The normalized spacial score (nSPS) is 12.9. The van der Waals surface area contributed by atoms with Crippen LogP contribution in [0.1, 0.15) is 31.4 Å². The number of hydrogen-bond donors (Lipinski definition) is 1. The van der Waals surface area contributed by atoms with Gasteiger partial charge in [0.2, 0.25) is 0 Å². The lowest BCUT2D eigenvalue weighted by atomic mass is 10.1. The molecule has 0 saturated carbocycles. The van der Waals surface area contributed by atoms with E-state index < -0.39 is 0 Å². The van der Waals surface area contributed by atoms with Gasteiger partial charge in [-0.3, -0.25) is 0 Å². The van der Waals surface area contributed by atoms with E-state index in [1.807, 2.05) is 0 Å². The summed E-state index contributed by atoms with van der Waals surface area (Å²) in [4.78, 5) is 2.41. The highest BCUT2D eigenvalue weighted by Crippen LogP contribution is 2.08. The highest BCUT2D eigenvalue weighted by molar-refractivity contribution is 5.21. The monoisotopic (exact) mass is 248 g/mol. The van der Waals surface area contributed by atoms with Gasteiger partial charge in [-0.1, -0.05) is 43.7 Å². The summed E-state index contributed by atoms with van der Waals surface area (Å²) in [6.45, 7) is 11.1. The highest BCUT2D eigenvalue weighted by Gasteiger charge is 2.06. The van der Waals surface area contributed by atoms with Gasteiger partial charge in [0.1, 0.15) is 0 Å². The minimum absolute atomic E-state index is 0.700. The average Bonchev–Trinajstić information content (AvgIpc) is 2.29. The predicted molar refractivity (Wildman–Crippen MR) is 79.8 cm³/mol. The van der Waals surface area contributed by atoms with Crippen LogP contribution in [0, 0.1) is 12.8 Å². The molecule has 18 heavy (non-hydrogen) atoms. The molecule has 0 bridgehead atoms. The van der Waals surface area contributed by atoms with Gasteiger partial charge >= 0.3 is 0 Å². The molecule has 1 N–H and O–H groups in total. The highest BCUT2D eigenvalue weighted by atomic mass is 15.1. The molecule has 0 aliphatic heterocycles. The van der Waals surface area contributed by atoms with Crippen LogP contribution in [0.5, 0.6) is 0 Å². The molecule has 0 aromatic heterocycles. The van der Waals surface area contributed by atoms with Gasteiger partial charge in [-0.15, -0.1) is 0 Å². The van der Waals surface area contributed by atoms with E-state index in [0.29, 0.717) is 5.92 Å². The Hall–Kier alpha value is -0.860. The summed E-state index contributed by atoms with van der Waals surface area (Å²) in [5.41, 5.74) is 2.75. The van der Waals surface area contributed by atoms with Gasteiger partial charge in [-0.25, -0.2) is 0 Å². The fraction of sp³-hybridized carbons (Fsp3) is 0.625. The van der Waals surface area contributed by atoms with Crippen molar-refractivity contribution in [1.29, 1.82) is 0 Å². The van der Waals surface area contributed by atoms with E-state index in [4.69, 9.17) is 0 Å². The zero-order chi connectivity index (χ0) is 13.4. The molecule has 0 heterocycles. The fourth-order valence-corrected chi connectivity index (χ4v) is 2.31. The number of nitrogens with one attached hydrogen (secondary N) is 1. The van der Waals surface area contributed by atoms with Crippen molar-refractivity contribution >= 4 is 0 Å². The van der Waals surface area contributed by atoms with E-state index in [1.54, 1.807) is 0 Å². The summed E-state index contributed by atoms with van der Waals surface area (Å²) in [6, 6.07) is 8.78. The predicted octanol–water partition coefficient (Wildman–Crippen LogP) is 3.06. The van der Waals surface area contributed by atoms with Crippen molar-refractivity contribution < 1.29 is 0 Å². The van der Waals surface area contributed by atoms with E-state index in [1.165, 1.54) is 17.5 Å². The Morgan fingerprint density at radius 1 is 1.33 bits per heavy atom. The van der Waals surface area contributed by atoms with E-state index in [0.717, 1.165) is 26.2 Å². The molecule has 2 heteroatoms. The van der Waals surface area contributed by atoms with Gasteiger partial charge in [0.25, 0.3) is 0 Å². The first-order valence-corrected chi connectivity index (χ1v) is 7.06. The van der Waals surface area contributed by atoms with Crippen molar-refractivity contribution in [3.05, 3.63) is 35.4 Å². The molecule has 0 saturated heterocycles. The zero-order valence-electron chi connectivity index (χ0n) is 12.4. The van der Waals surface area contributed by atoms with Crippen LogP contribution in [0.2, 0.25) is 0 Å². The van der Waals surface area contributed by atoms with Crippen molar-refractivity contribution in [3.63, 3.8) is 0 Å². The Balaban J connectivity index is 2.30. The Labute approximate surface area is 112 Å². The molecule has 0 amide bonds. The molecule has 1 unspecified atom stereocenters. The fourth-order valence-electron chi connectivity index (χ4n) is 2.31. The van der Waals surface area contributed by atoms with Gasteiger partial charge in [0, 0.05) is 13.1 Å². The summed E-state index contributed by atoms with van der Waals surface area (Å²) in [5.74, 6) is 0.700. The van der Waals surface area contributed by atoms with Gasteiger partial charge in [0.15, 0.2) is 0 Å². The van der Waals surface area contributed by atoms with E-state index in [-0.39, 0.29) is 0 Å². The third kappa shape index (κ3) is 6.18. The topological polar surface area (TPSA) is 15.3 Å². The van der Waals surface area contributed by atoms with Gasteiger partial charge in [-0.05, 0) is 45.0 Å². The van der Waals surface area contributed by atoms with Gasteiger partial charge < -0.3 is 10.2 Å². The van der Waals surface area contributed by atoms with Crippen LogP contribution in [-0.4, -0.2) is 31.6 Å². The van der Waals surface area contributed by atoms with Crippen LogP contribution in [0.3, 0.4) is 0 Å². The van der Waals surface area contributed by atoms with Crippen LogP contribution in [0.15, 0.2) is 24.3 Å². The lowest BCUT2D eigenvalue weighted by Crippen LogP contribution is -2.31. The summed E-state index contributed by atoms with van der Waals surface area (Å²) in [7, 11) is 2.21. The Morgan fingerprint density at radius 2 is 2.11 bits per heavy atom. The maximum Gasteiger partial charge on any atom is 0.0230 e. The van der Waals surface area contributed by atoms with Crippen LogP contribution >= 0.6 is 0 Å². The molecule has 1 atom stereocenters. The van der Waals surface area contributed by atoms with Crippen molar-refractivity contribution in [2.24, 2.45) is 5.92 Å². The van der Waals surface area contributed by atoms with Gasteiger partial charge in [0.05, 0.1) is 0 Å². The quantitative estimate of drug-likeness (QED) is 0.711. The maximum absolute atomic E-state index is 3.49. The summed E-state index contributed by atoms with van der Waals surface area (Å²) < 4.78 is 0. The SMILES string of the molecule is CCCNCC(C)CN(C)Cc1cccc(C)c1. The number of hydrogen-bond acceptors (Lipinski definition) is 2. The number of rotatable bonds is 8. The number of aryl methyl sites for hydroxylation is 1. The van der Waals surface area contributed by atoms with Crippen LogP contribution in [0.4, 0.5) is 0 Å². The molecular formula is C16H28N2. The van der Waals surface area contributed by atoms with Crippen molar-refractivity contribution in [1.82, 2.24) is 10.2 Å². The Kier molecular flexibility index (Phi) is 6.99. The Bertz CT molecular complexity index is 336. The van der Waals surface area contributed by atoms with Crippen molar-refractivity contribution in [2.75, 3.05) is 26.7 Å². The van der Waals surface area contributed by atoms with E-state index in [9.17, 15) is 0 Å². The Morgan fingerprint density at radius 3 is 2.78 bits per heavy atom. The molecule has 0 fully saturated rings. The first kappa shape index (κ1) is 15.2. The molecule has 1 aromatic carbocycles. The third-order valence-electron chi connectivity index (χ3n) is 3.08. The van der Waals surface area contributed by atoms with Crippen molar-refractivity contribution in [3.8, 4) is 0 Å². The largest absolute Gasteiger partial charge is 0.316 e. The minimum Gasteiger partial charge on any atom is -0.316 e. The van der Waals surface area contributed by atoms with E-state index >= 15 is 0 Å². The summed E-state index contributed by atoms with van der Waals surface area (Å²) in [6.07, 6.45) is 1.21. The smallest absolute Gasteiger partial charge is 0.0230 e. The molecule has 1 aromatic rings.